The number of amides is 1. The van der Waals surface area contributed by atoms with Gasteiger partial charge in [-0.05, 0) is 44.4 Å². The Kier molecular flexibility index (Phi) is 5.25. The van der Waals surface area contributed by atoms with Crippen LogP contribution in [-0.2, 0) is 14.3 Å². The van der Waals surface area contributed by atoms with Gasteiger partial charge in [-0.25, -0.2) is 0 Å². The van der Waals surface area contributed by atoms with Crippen LogP contribution >= 0.6 is 0 Å². The third-order valence-electron chi connectivity index (χ3n) is 5.05. The first-order chi connectivity index (χ1) is 9.95. The monoisotopic (exact) mass is 297 g/mol. The lowest BCUT2D eigenvalue weighted by Crippen LogP contribution is -2.46. The molecule has 4 atom stereocenters. The Bertz CT molecular complexity index is 394. The van der Waals surface area contributed by atoms with Gasteiger partial charge in [0.1, 0.15) is 0 Å². The third kappa shape index (κ3) is 3.76. The van der Waals surface area contributed by atoms with Gasteiger partial charge in [-0.3, -0.25) is 9.59 Å². The number of hydrogen-bond donors (Lipinski definition) is 1. The summed E-state index contributed by atoms with van der Waals surface area (Å²) in [5.74, 6) is -0.820. The smallest absolute Gasteiger partial charge is 0.307 e. The van der Waals surface area contributed by atoms with E-state index in [-0.39, 0.29) is 17.9 Å². The molecule has 5 nitrogen and oxygen atoms in total. The van der Waals surface area contributed by atoms with E-state index in [0.717, 1.165) is 0 Å². The lowest BCUT2D eigenvalue weighted by molar-refractivity contribution is -0.150. The van der Waals surface area contributed by atoms with E-state index in [0.29, 0.717) is 37.8 Å². The molecule has 0 aromatic carbocycles. The van der Waals surface area contributed by atoms with E-state index in [9.17, 15) is 14.7 Å². The first-order valence-corrected chi connectivity index (χ1v) is 7.98. The number of carbonyl (C=O) groups excluding carboxylic acids is 1. The van der Waals surface area contributed by atoms with Crippen LogP contribution < -0.4 is 0 Å². The second-order valence-electron chi connectivity index (χ2n) is 6.73. The van der Waals surface area contributed by atoms with Crippen molar-refractivity contribution in [1.29, 1.82) is 0 Å². The zero-order valence-corrected chi connectivity index (χ0v) is 13.2. The summed E-state index contributed by atoms with van der Waals surface area (Å²) >= 11 is 0. The number of carboxylic acids is 1. The first kappa shape index (κ1) is 16.3. The van der Waals surface area contributed by atoms with E-state index < -0.39 is 11.9 Å². The van der Waals surface area contributed by atoms with Gasteiger partial charge in [-0.15, -0.1) is 0 Å². The molecule has 0 spiro atoms. The molecule has 0 aromatic rings. The van der Waals surface area contributed by atoms with Crippen LogP contribution in [0.1, 0.15) is 39.5 Å². The van der Waals surface area contributed by atoms with Crippen LogP contribution in [0.4, 0.5) is 0 Å². The lowest BCUT2D eigenvalue weighted by atomic mass is 9.94. The molecular weight excluding hydrogens is 270 g/mol. The van der Waals surface area contributed by atoms with Gasteiger partial charge in [0.05, 0.1) is 18.4 Å². The quantitative estimate of drug-likeness (QED) is 0.780. The molecule has 0 bridgehead atoms. The topological polar surface area (TPSA) is 66.8 Å². The van der Waals surface area contributed by atoms with Crippen LogP contribution in [0.25, 0.3) is 0 Å². The van der Waals surface area contributed by atoms with Crippen molar-refractivity contribution in [2.24, 2.45) is 23.7 Å². The van der Waals surface area contributed by atoms with Crippen LogP contribution in [0.3, 0.4) is 0 Å². The second kappa shape index (κ2) is 6.77. The van der Waals surface area contributed by atoms with Crippen molar-refractivity contribution in [3.8, 4) is 0 Å². The van der Waals surface area contributed by atoms with Crippen LogP contribution in [0, 0.1) is 23.7 Å². The van der Waals surface area contributed by atoms with Crippen molar-refractivity contribution in [2.45, 2.75) is 45.6 Å². The van der Waals surface area contributed by atoms with Gasteiger partial charge >= 0.3 is 5.97 Å². The molecule has 0 saturated heterocycles. The number of hydrogen-bond acceptors (Lipinski definition) is 3. The molecular formula is C16H27NO4. The predicted octanol–water partition coefficient (Wildman–Crippen LogP) is 2.01. The van der Waals surface area contributed by atoms with Gasteiger partial charge in [-0.1, -0.05) is 6.92 Å². The number of nitrogens with zero attached hydrogens (tertiary/aromatic N) is 1. The molecule has 5 heteroatoms. The molecule has 2 unspecified atom stereocenters. The summed E-state index contributed by atoms with van der Waals surface area (Å²) in [6, 6.07) is 0.193. The summed E-state index contributed by atoms with van der Waals surface area (Å²) in [6.45, 7) is 5.18. The second-order valence-corrected chi connectivity index (χ2v) is 6.73. The summed E-state index contributed by atoms with van der Waals surface area (Å²) in [7, 11) is 1.63. The van der Waals surface area contributed by atoms with Crippen molar-refractivity contribution >= 4 is 11.9 Å². The maximum Gasteiger partial charge on any atom is 0.307 e. The number of carboxylic acid groups (broad SMARTS) is 1. The first-order valence-electron chi connectivity index (χ1n) is 7.98. The van der Waals surface area contributed by atoms with Crippen LogP contribution in [0.15, 0.2) is 0 Å². The van der Waals surface area contributed by atoms with Gasteiger partial charge in [0.15, 0.2) is 0 Å². The maximum atomic E-state index is 12.9. The van der Waals surface area contributed by atoms with Crippen LogP contribution in [0.5, 0.6) is 0 Å². The Labute approximate surface area is 126 Å². The Morgan fingerprint density at radius 1 is 1.29 bits per heavy atom. The highest BCUT2D eigenvalue weighted by Gasteiger charge is 2.45. The van der Waals surface area contributed by atoms with Crippen LogP contribution in [0.2, 0.25) is 0 Å². The zero-order chi connectivity index (χ0) is 15.6. The van der Waals surface area contributed by atoms with Gasteiger partial charge in [0.2, 0.25) is 5.91 Å². The van der Waals surface area contributed by atoms with E-state index in [1.807, 2.05) is 11.8 Å². The third-order valence-corrected chi connectivity index (χ3v) is 5.05. The Morgan fingerprint density at radius 3 is 2.43 bits per heavy atom. The van der Waals surface area contributed by atoms with Gasteiger partial charge in [0.25, 0.3) is 0 Å². The molecule has 0 aromatic heterocycles. The minimum absolute atomic E-state index is 0.0169. The molecule has 2 rings (SSSR count). The van der Waals surface area contributed by atoms with Crippen molar-refractivity contribution < 1.29 is 19.4 Å². The fourth-order valence-corrected chi connectivity index (χ4v) is 3.59. The van der Waals surface area contributed by atoms with E-state index in [1.165, 1.54) is 12.8 Å². The van der Waals surface area contributed by atoms with Crippen molar-refractivity contribution in [3.63, 3.8) is 0 Å². The lowest BCUT2D eigenvalue weighted by Gasteiger charge is -2.32. The van der Waals surface area contributed by atoms with E-state index >= 15 is 0 Å². The maximum absolute atomic E-state index is 12.9. The Morgan fingerprint density at radius 2 is 1.90 bits per heavy atom. The zero-order valence-electron chi connectivity index (χ0n) is 13.2. The van der Waals surface area contributed by atoms with Crippen molar-refractivity contribution in [2.75, 3.05) is 20.3 Å². The van der Waals surface area contributed by atoms with E-state index in [2.05, 4.69) is 6.92 Å². The van der Waals surface area contributed by atoms with E-state index in [4.69, 9.17) is 4.74 Å². The fourth-order valence-electron chi connectivity index (χ4n) is 3.59. The highest BCUT2D eigenvalue weighted by atomic mass is 16.5. The SMILES string of the molecule is COCCN(C(=O)[C@H]1CC(C)C[C@H]1C(=O)O)C(C)C1CC1. The number of methoxy groups -OCH3 is 1. The minimum Gasteiger partial charge on any atom is -0.481 e. The Hall–Kier alpha value is -1.10. The summed E-state index contributed by atoms with van der Waals surface area (Å²) < 4.78 is 5.12. The Balaban J connectivity index is 2.10. The molecule has 21 heavy (non-hydrogen) atoms. The summed E-state index contributed by atoms with van der Waals surface area (Å²) in [6.07, 6.45) is 3.64. The number of carbonyl (C=O) groups is 2. The van der Waals surface area contributed by atoms with Crippen molar-refractivity contribution in [3.05, 3.63) is 0 Å². The molecule has 2 fully saturated rings. The number of ether oxygens (including phenoxy) is 1. The van der Waals surface area contributed by atoms with Gasteiger partial charge in [-0.2, -0.15) is 0 Å². The van der Waals surface area contributed by atoms with Gasteiger partial charge in [0, 0.05) is 19.7 Å². The average Bonchev–Trinajstić information content (AvgIpc) is 3.20. The summed E-state index contributed by atoms with van der Waals surface area (Å²) in [5, 5.41) is 9.37. The molecule has 0 radical (unpaired) electrons. The molecule has 2 aliphatic carbocycles. The predicted molar refractivity (Wildman–Crippen MR) is 78.8 cm³/mol. The number of rotatable bonds is 7. The molecule has 0 heterocycles. The minimum atomic E-state index is -0.830. The standard InChI is InChI=1S/C16H27NO4/c1-10-8-13(14(9-10)16(19)20)15(18)17(6-7-21-3)11(2)12-4-5-12/h10-14H,4-9H2,1-3H3,(H,19,20)/t10?,11?,13-,14+/m0/s1. The molecule has 120 valence electrons. The largest absolute Gasteiger partial charge is 0.481 e. The summed E-state index contributed by atoms with van der Waals surface area (Å²) in [5.41, 5.74) is 0. The highest BCUT2D eigenvalue weighted by Crippen LogP contribution is 2.40. The van der Waals surface area contributed by atoms with Gasteiger partial charge < -0.3 is 14.7 Å². The molecule has 2 saturated carbocycles. The van der Waals surface area contributed by atoms with Crippen molar-refractivity contribution in [1.82, 2.24) is 4.90 Å². The van der Waals surface area contributed by atoms with Crippen LogP contribution in [-0.4, -0.2) is 48.2 Å². The molecule has 0 aliphatic heterocycles. The average molecular weight is 297 g/mol. The molecule has 1 amide bonds. The molecule has 1 N–H and O–H groups in total. The number of aliphatic carboxylic acids is 1. The van der Waals surface area contributed by atoms with E-state index in [1.54, 1.807) is 7.11 Å². The summed E-state index contributed by atoms with van der Waals surface area (Å²) in [4.78, 5) is 26.2. The fraction of sp³-hybridized carbons (Fsp3) is 0.875. The highest BCUT2D eigenvalue weighted by molar-refractivity contribution is 5.85. The normalized spacial score (nSPS) is 30.1. The molecule has 2 aliphatic rings.